The van der Waals surface area contributed by atoms with Crippen molar-refractivity contribution in [3.05, 3.63) is 36.8 Å². The number of aromatic nitrogens is 6. The summed E-state index contributed by atoms with van der Waals surface area (Å²) in [6.45, 7) is 4.53. The molecule has 2 N–H and O–H groups in total. The first-order chi connectivity index (χ1) is 13.9. The van der Waals surface area contributed by atoms with Crippen LogP contribution in [0.4, 0.5) is 0 Å². The molecule has 2 aliphatic heterocycles. The van der Waals surface area contributed by atoms with Crippen LogP contribution in [-0.2, 0) is 0 Å². The summed E-state index contributed by atoms with van der Waals surface area (Å²) in [5, 5.41) is 30.2. The van der Waals surface area contributed by atoms with E-state index in [0.29, 0.717) is 23.0 Å². The SMILES string of the molecule is C[C@]12CC[C@](C)(CC(Oc3ccc(-c4ncc(-n5ccnn5)cc4O)nn3)C1)N2. The van der Waals surface area contributed by atoms with Crippen LogP contribution in [0.5, 0.6) is 11.6 Å². The van der Waals surface area contributed by atoms with Crippen molar-refractivity contribution in [2.24, 2.45) is 0 Å². The van der Waals surface area contributed by atoms with Crippen molar-refractivity contribution in [1.29, 1.82) is 0 Å². The Morgan fingerprint density at radius 2 is 1.97 bits per heavy atom. The van der Waals surface area contributed by atoms with Gasteiger partial charge in [0.05, 0.1) is 24.3 Å². The number of rotatable bonds is 4. The first kappa shape index (κ1) is 18.0. The highest BCUT2D eigenvalue weighted by molar-refractivity contribution is 5.63. The second-order valence-electron chi connectivity index (χ2n) is 8.56. The summed E-state index contributed by atoms with van der Waals surface area (Å²) in [5.74, 6) is 0.489. The van der Waals surface area contributed by atoms with Crippen LogP contribution in [0.25, 0.3) is 17.1 Å². The lowest BCUT2D eigenvalue weighted by Gasteiger charge is -2.41. The van der Waals surface area contributed by atoms with Crippen LogP contribution in [0.15, 0.2) is 36.8 Å². The van der Waals surface area contributed by atoms with E-state index in [-0.39, 0.29) is 22.9 Å². The van der Waals surface area contributed by atoms with Crippen molar-refractivity contribution in [2.45, 2.75) is 56.7 Å². The summed E-state index contributed by atoms with van der Waals surface area (Å²) in [4.78, 5) is 4.31. The molecule has 2 saturated heterocycles. The molecule has 0 spiro atoms. The minimum atomic E-state index is -0.00301. The van der Waals surface area contributed by atoms with E-state index < -0.39 is 0 Å². The average Bonchev–Trinajstić information content (AvgIpc) is 3.28. The maximum absolute atomic E-state index is 10.4. The third-order valence-corrected chi connectivity index (χ3v) is 5.90. The number of aromatic hydroxyl groups is 1. The van der Waals surface area contributed by atoms with E-state index >= 15 is 0 Å². The lowest BCUT2D eigenvalue weighted by Crippen LogP contribution is -2.56. The second kappa shape index (κ2) is 6.48. The Morgan fingerprint density at radius 1 is 1.17 bits per heavy atom. The van der Waals surface area contributed by atoms with Gasteiger partial charge in [0.25, 0.3) is 0 Å². The predicted molar refractivity (Wildman–Crippen MR) is 105 cm³/mol. The second-order valence-corrected chi connectivity index (χ2v) is 8.56. The molecule has 2 bridgehead atoms. The number of ether oxygens (including phenoxy) is 1. The van der Waals surface area contributed by atoms with Crippen LogP contribution < -0.4 is 10.1 Å². The molecule has 2 fully saturated rings. The molecule has 1 unspecified atom stereocenters. The number of hydrogen-bond acceptors (Lipinski definition) is 8. The highest BCUT2D eigenvalue weighted by Crippen LogP contribution is 2.43. The smallest absolute Gasteiger partial charge is 0.233 e. The molecule has 3 aromatic heterocycles. The van der Waals surface area contributed by atoms with Crippen LogP contribution in [0, 0.1) is 0 Å². The van der Waals surface area contributed by atoms with Gasteiger partial charge in [-0.1, -0.05) is 5.21 Å². The molecule has 2 aliphatic rings. The van der Waals surface area contributed by atoms with Crippen molar-refractivity contribution < 1.29 is 9.84 Å². The van der Waals surface area contributed by atoms with E-state index in [1.54, 1.807) is 36.8 Å². The number of fused-ring (bicyclic) bond motifs is 2. The van der Waals surface area contributed by atoms with Gasteiger partial charge in [-0.25, -0.2) is 9.67 Å². The van der Waals surface area contributed by atoms with Crippen LogP contribution in [-0.4, -0.2) is 52.5 Å². The topological polar surface area (TPSA) is 111 Å². The molecule has 150 valence electrons. The van der Waals surface area contributed by atoms with Gasteiger partial charge in [-0.15, -0.1) is 15.3 Å². The quantitative estimate of drug-likeness (QED) is 0.694. The summed E-state index contributed by atoms with van der Waals surface area (Å²) < 4.78 is 7.66. The van der Waals surface area contributed by atoms with Gasteiger partial charge >= 0.3 is 0 Å². The Labute approximate surface area is 168 Å². The van der Waals surface area contributed by atoms with E-state index in [0.717, 1.165) is 12.8 Å². The minimum absolute atomic E-state index is 0.00301. The van der Waals surface area contributed by atoms with Crippen molar-refractivity contribution in [3.8, 4) is 28.7 Å². The zero-order valence-corrected chi connectivity index (χ0v) is 16.4. The number of pyridine rings is 1. The molecule has 0 amide bonds. The molecule has 0 aliphatic carbocycles. The van der Waals surface area contributed by atoms with Crippen molar-refractivity contribution in [3.63, 3.8) is 0 Å². The predicted octanol–water partition coefficient (Wildman–Crippen LogP) is 2.27. The van der Waals surface area contributed by atoms with Gasteiger partial charge in [0.15, 0.2) is 0 Å². The fraction of sp³-hybridized carbons (Fsp3) is 0.450. The Morgan fingerprint density at radius 3 is 2.59 bits per heavy atom. The van der Waals surface area contributed by atoms with Gasteiger partial charge in [0.2, 0.25) is 5.88 Å². The van der Waals surface area contributed by atoms with E-state index in [9.17, 15) is 5.11 Å². The van der Waals surface area contributed by atoms with E-state index in [2.05, 4.69) is 44.7 Å². The summed E-state index contributed by atoms with van der Waals surface area (Å²) in [6, 6.07) is 5.11. The number of piperidine rings is 1. The van der Waals surface area contributed by atoms with Crippen LogP contribution in [0.3, 0.4) is 0 Å². The first-order valence-corrected chi connectivity index (χ1v) is 9.77. The molecule has 9 nitrogen and oxygen atoms in total. The molecule has 0 radical (unpaired) electrons. The lowest BCUT2D eigenvalue weighted by atomic mass is 9.86. The zero-order chi connectivity index (χ0) is 20.1. The lowest BCUT2D eigenvalue weighted by molar-refractivity contribution is 0.0754. The van der Waals surface area contributed by atoms with E-state index in [4.69, 9.17) is 4.74 Å². The number of nitrogens with zero attached hydrogens (tertiary/aromatic N) is 6. The van der Waals surface area contributed by atoms with Gasteiger partial charge in [-0.05, 0) is 32.8 Å². The molecule has 5 rings (SSSR count). The molecule has 0 aromatic carbocycles. The molecular formula is C20H23N7O2. The van der Waals surface area contributed by atoms with Crippen LogP contribution in [0.1, 0.15) is 39.5 Å². The Kier molecular flexibility index (Phi) is 4.02. The van der Waals surface area contributed by atoms with Gasteiger partial charge in [0.1, 0.15) is 23.2 Å². The molecule has 29 heavy (non-hydrogen) atoms. The normalized spacial score (nSPS) is 28.4. The third kappa shape index (κ3) is 3.42. The van der Waals surface area contributed by atoms with Crippen LogP contribution >= 0.6 is 0 Å². The molecule has 9 heteroatoms. The highest BCUT2D eigenvalue weighted by Gasteiger charge is 2.49. The Bertz CT molecular complexity index is 1010. The van der Waals surface area contributed by atoms with Gasteiger partial charge < -0.3 is 15.2 Å². The fourth-order valence-electron chi connectivity index (χ4n) is 4.66. The third-order valence-electron chi connectivity index (χ3n) is 5.90. The fourth-order valence-corrected chi connectivity index (χ4v) is 4.66. The van der Waals surface area contributed by atoms with E-state index in [1.165, 1.54) is 17.5 Å². The van der Waals surface area contributed by atoms with Gasteiger partial charge in [-0.3, -0.25) is 0 Å². The average molecular weight is 393 g/mol. The van der Waals surface area contributed by atoms with Crippen molar-refractivity contribution in [1.82, 2.24) is 35.5 Å². The Hall–Kier alpha value is -3.07. The minimum Gasteiger partial charge on any atom is -0.506 e. The zero-order valence-electron chi connectivity index (χ0n) is 16.4. The standard InChI is InChI=1S/C20H23N7O2/c1-19-5-6-20(2,25-19)11-14(10-19)29-17-4-3-15(23-24-17)18-16(28)9-13(12-21-18)27-8-7-22-26-27/h3-4,7-9,12,14,25,28H,5-6,10-11H2,1-2H3/t14?,19-,20+. The summed E-state index contributed by atoms with van der Waals surface area (Å²) in [5.41, 5.74) is 1.70. The molecular weight excluding hydrogens is 370 g/mol. The maximum Gasteiger partial charge on any atom is 0.233 e. The monoisotopic (exact) mass is 393 g/mol. The Balaban J connectivity index is 1.32. The van der Waals surface area contributed by atoms with Crippen LogP contribution in [0.2, 0.25) is 0 Å². The first-order valence-electron chi connectivity index (χ1n) is 9.77. The summed E-state index contributed by atoms with van der Waals surface area (Å²) >= 11 is 0. The summed E-state index contributed by atoms with van der Waals surface area (Å²) in [6.07, 6.45) is 9.20. The molecule has 0 saturated carbocycles. The van der Waals surface area contributed by atoms with Gasteiger partial charge in [0, 0.05) is 36.1 Å². The molecule has 5 heterocycles. The maximum atomic E-state index is 10.4. The van der Waals surface area contributed by atoms with E-state index in [1.807, 2.05) is 0 Å². The number of nitrogens with one attached hydrogen (secondary N) is 1. The highest BCUT2D eigenvalue weighted by atomic mass is 16.5. The molecule has 3 atom stereocenters. The van der Waals surface area contributed by atoms with Crippen molar-refractivity contribution in [2.75, 3.05) is 0 Å². The number of hydrogen-bond donors (Lipinski definition) is 2. The largest absolute Gasteiger partial charge is 0.506 e. The van der Waals surface area contributed by atoms with Crippen molar-refractivity contribution >= 4 is 0 Å². The molecule has 3 aromatic rings. The van der Waals surface area contributed by atoms with Gasteiger partial charge in [-0.2, -0.15) is 0 Å². The summed E-state index contributed by atoms with van der Waals surface area (Å²) in [7, 11) is 0.